The van der Waals surface area contributed by atoms with E-state index in [-0.39, 0.29) is 24.8 Å². The van der Waals surface area contributed by atoms with Gasteiger partial charge in [0.25, 0.3) is 0 Å². The van der Waals surface area contributed by atoms with Gasteiger partial charge >= 0.3 is 0 Å². The Morgan fingerprint density at radius 1 is 1.12 bits per heavy atom. The number of rotatable bonds is 3. The largest absolute Gasteiger partial charge is 0.375 e. The van der Waals surface area contributed by atoms with Crippen LogP contribution in [-0.4, -0.2) is 11.5 Å². The van der Waals surface area contributed by atoms with Crippen LogP contribution in [0.3, 0.4) is 0 Å². The Labute approximate surface area is 117 Å². The first-order chi connectivity index (χ1) is 7.29. The van der Waals surface area contributed by atoms with Crippen molar-refractivity contribution in [2.45, 2.75) is 6.42 Å². The van der Waals surface area contributed by atoms with E-state index in [0.717, 1.165) is 17.7 Å². The molecule has 6 heteroatoms. The number of aromatic nitrogens is 1. The minimum Gasteiger partial charge on any atom is -0.375 e. The van der Waals surface area contributed by atoms with Gasteiger partial charge < -0.3 is 11.5 Å². The summed E-state index contributed by atoms with van der Waals surface area (Å²) in [5.41, 5.74) is 14.4. The second-order valence-electron chi connectivity index (χ2n) is 3.31. The number of hydrogen-bond donors (Lipinski definition) is 2. The molecule has 0 radical (unpaired) electrons. The minimum absolute atomic E-state index is 0. The lowest BCUT2D eigenvalue weighted by molar-refractivity contribution is 0.969. The maximum atomic E-state index is 5.58. The Morgan fingerprint density at radius 3 is 2.24 bits per heavy atom. The van der Waals surface area contributed by atoms with E-state index in [2.05, 4.69) is 29.2 Å². The molecule has 0 aliphatic heterocycles. The van der Waals surface area contributed by atoms with Crippen LogP contribution < -0.4 is 11.5 Å². The molecule has 0 saturated heterocycles. The van der Waals surface area contributed by atoms with E-state index in [0.29, 0.717) is 11.7 Å². The van der Waals surface area contributed by atoms with Crippen molar-refractivity contribution in [3.8, 4) is 11.3 Å². The Bertz CT molecular complexity index is 442. The molecule has 0 unspecified atom stereocenters. The number of anilines is 1. The van der Waals surface area contributed by atoms with Gasteiger partial charge in [0.1, 0.15) is 0 Å². The van der Waals surface area contributed by atoms with Gasteiger partial charge in [0.05, 0.1) is 5.69 Å². The van der Waals surface area contributed by atoms with E-state index in [1.165, 1.54) is 16.9 Å². The van der Waals surface area contributed by atoms with Gasteiger partial charge in [-0.2, -0.15) is 0 Å². The highest BCUT2D eigenvalue weighted by Gasteiger charge is 2.01. The maximum Gasteiger partial charge on any atom is 0.180 e. The number of halogens is 2. The molecular weight excluding hydrogens is 277 g/mol. The van der Waals surface area contributed by atoms with Crippen LogP contribution in [0.2, 0.25) is 0 Å². The number of thiazole rings is 1. The first-order valence-corrected chi connectivity index (χ1v) is 5.68. The molecule has 3 nitrogen and oxygen atoms in total. The molecule has 0 fully saturated rings. The highest BCUT2D eigenvalue weighted by Crippen LogP contribution is 2.23. The van der Waals surface area contributed by atoms with Crippen LogP contribution in [0, 0.1) is 0 Å². The van der Waals surface area contributed by atoms with Crippen molar-refractivity contribution in [1.29, 1.82) is 0 Å². The van der Waals surface area contributed by atoms with E-state index in [9.17, 15) is 0 Å². The SMILES string of the molecule is Cl.Cl.NCCc1ccc(-c2csc(N)n2)cc1. The van der Waals surface area contributed by atoms with Crippen molar-refractivity contribution in [1.82, 2.24) is 4.98 Å². The summed E-state index contributed by atoms with van der Waals surface area (Å²) in [6.07, 6.45) is 0.916. The number of benzene rings is 1. The fourth-order valence-corrected chi connectivity index (χ4v) is 2.00. The molecule has 0 saturated carbocycles. The zero-order valence-corrected chi connectivity index (χ0v) is 11.6. The Hall–Kier alpha value is -0.810. The monoisotopic (exact) mass is 291 g/mol. The minimum atomic E-state index is 0. The molecule has 1 heterocycles. The Balaban J connectivity index is 0.00000128. The molecule has 1 aromatic carbocycles. The zero-order chi connectivity index (χ0) is 10.7. The van der Waals surface area contributed by atoms with Crippen LogP contribution in [0.25, 0.3) is 11.3 Å². The van der Waals surface area contributed by atoms with E-state index >= 15 is 0 Å². The molecule has 0 aliphatic carbocycles. The predicted molar refractivity (Wildman–Crippen MR) is 79.2 cm³/mol. The normalized spacial score (nSPS) is 9.24. The third-order valence-electron chi connectivity index (χ3n) is 2.20. The van der Waals surface area contributed by atoms with Crippen molar-refractivity contribution < 1.29 is 0 Å². The molecule has 0 bridgehead atoms. The summed E-state index contributed by atoms with van der Waals surface area (Å²) in [5, 5.41) is 2.57. The molecule has 2 aromatic rings. The molecule has 17 heavy (non-hydrogen) atoms. The van der Waals surface area contributed by atoms with Gasteiger partial charge in [-0.05, 0) is 18.5 Å². The number of nitrogens with zero attached hydrogens (tertiary/aromatic N) is 1. The van der Waals surface area contributed by atoms with Crippen molar-refractivity contribution >= 4 is 41.3 Å². The summed E-state index contributed by atoms with van der Waals surface area (Å²) >= 11 is 1.46. The fourth-order valence-electron chi connectivity index (χ4n) is 1.43. The summed E-state index contributed by atoms with van der Waals surface area (Å²) < 4.78 is 0. The van der Waals surface area contributed by atoms with Gasteiger partial charge in [0.15, 0.2) is 5.13 Å². The summed E-state index contributed by atoms with van der Waals surface area (Å²) in [4.78, 5) is 4.23. The maximum absolute atomic E-state index is 5.58. The third kappa shape index (κ3) is 4.16. The lowest BCUT2D eigenvalue weighted by Crippen LogP contribution is -2.02. The average molecular weight is 292 g/mol. The van der Waals surface area contributed by atoms with Gasteiger partial charge in [-0.1, -0.05) is 24.3 Å². The second-order valence-corrected chi connectivity index (χ2v) is 4.20. The number of nitrogens with two attached hydrogens (primary N) is 2. The second kappa shape index (κ2) is 7.50. The van der Waals surface area contributed by atoms with Gasteiger partial charge in [-0.3, -0.25) is 0 Å². The topological polar surface area (TPSA) is 64.9 Å². The van der Waals surface area contributed by atoms with Gasteiger partial charge in [-0.15, -0.1) is 36.2 Å². The van der Waals surface area contributed by atoms with Crippen molar-refractivity contribution in [2.75, 3.05) is 12.3 Å². The van der Waals surface area contributed by atoms with Gasteiger partial charge in [0.2, 0.25) is 0 Å². The van der Waals surface area contributed by atoms with Crippen LogP contribution in [0.4, 0.5) is 5.13 Å². The average Bonchev–Trinajstić information content (AvgIpc) is 2.67. The standard InChI is InChI=1S/C11H13N3S.2ClH/c12-6-5-8-1-3-9(4-2-8)10-7-15-11(13)14-10;;/h1-4,7H,5-6,12H2,(H2,13,14);2*1H. The van der Waals surface area contributed by atoms with Crippen molar-refractivity contribution in [3.63, 3.8) is 0 Å². The summed E-state index contributed by atoms with van der Waals surface area (Å²) in [5.74, 6) is 0. The zero-order valence-electron chi connectivity index (χ0n) is 9.13. The predicted octanol–water partition coefficient (Wildman–Crippen LogP) is 2.74. The quantitative estimate of drug-likeness (QED) is 0.914. The molecule has 0 spiro atoms. The van der Waals surface area contributed by atoms with E-state index in [1.807, 2.05) is 5.38 Å². The van der Waals surface area contributed by atoms with Gasteiger partial charge in [0, 0.05) is 10.9 Å². The lowest BCUT2D eigenvalue weighted by Gasteiger charge is -2.00. The van der Waals surface area contributed by atoms with E-state index in [4.69, 9.17) is 11.5 Å². The highest BCUT2D eigenvalue weighted by molar-refractivity contribution is 7.13. The van der Waals surface area contributed by atoms with Gasteiger partial charge in [-0.25, -0.2) is 4.98 Å². The van der Waals surface area contributed by atoms with Crippen LogP contribution in [-0.2, 0) is 6.42 Å². The van der Waals surface area contributed by atoms with Crippen LogP contribution in [0.15, 0.2) is 29.6 Å². The first kappa shape index (κ1) is 16.2. The summed E-state index contributed by atoms with van der Waals surface area (Å²) in [6, 6.07) is 8.27. The third-order valence-corrected chi connectivity index (χ3v) is 2.88. The first-order valence-electron chi connectivity index (χ1n) is 4.80. The summed E-state index contributed by atoms with van der Waals surface area (Å²) in [6.45, 7) is 0.684. The summed E-state index contributed by atoms with van der Waals surface area (Å²) in [7, 11) is 0. The molecule has 0 amide bonds. The molecular formula is C11H15Cl2N3S. The molecule has 0 aliphatic rings. The Morgan fingerprint density at radius 2 is 1.76 bits per heavy atom. The van der Waals surface area contributed by atoms with Crippen molar-refractivity contribution in [2.24, 2.45) is 5.73 Å². The molecule has 0 atom stereocenters. The van der Waals surface area contributed by atoms with Crippen molar-refractivity contribution in [3.05, 3.63) is 35.2 Å². The highest BCUT2D eigenvalue weighted by atomic mass is 35.5. The Kier molecular flexibility index (Phi) is 7.15. The smallest absolute Gasteiger partial charge is 0.180 e. The van der Waals surface area contributed by atoms with Crippen LogP contribution in [0.1, 0.15) is 5.56 Å². The molecule has 2 rings (SSSR count). The molecule has 4 N–H and O–H groups in total. The van der Waals surface area contributed by atoms with Crippen LogP contribution >= 0.6 is 36.2 Å². The number of hydrogen-bond acceptors (Lipinski definition) is 4. The van der Waals surface area contributed by atoms with Crippen LogP contribution in [0.5, 0.6) is 0 Å². The molecule has 94 valence electrons. The lowest BCUT2D eigenvalue weighted by atomic mass is 10.1. The van der Waals surface area contributed by atoms with E-state index in [1.54, 1.807) is 0 Å². The fraction of sp³-hybridized carbons (Fsp3) is 0.182. The number of nitrogen functional groups attached to an aromatic ring is 1. The molecule has 1 aromatic heterocycles. The van der Waals surface area contributed by atoms with E-state index < -0.39 is 0 Å².